The van der Waals surface area contributed by atoms with Crippen molar-refractivity contribution in [3.63, 3.8) is 0 Å². The molecule has 3 rings (SSSR count). The first-order chi connectivity index (χ1) is 14.9. The van der Waals surface area contributed by atoms with Gasteiger partial charge in [-0.1, -0.05) is 11.6 Å². The number of nitrogens with zero attached hydrogens (tertiary/aromatic N) is 2. The summed E-state index contributed by atoms with van der Waals surface area (Å²) in [4.78, 5) is 15.0. The average molecular weight is 490 g/mol. The van der Waals surface area contributed by atoms with Crippen molar-refractivity contribution in [2.45, 2.75) is 32.0 Å². The van der Waals surface area contributed by atoms with Crippen LogP contribution in [-0.4, -0.2) is 39.7 Å². The third-order valence-electron chi connectivity index (χ3n) is 5.20. The van der Waals surface area contributed by atoms with Crippen LogP contribution in [-0.2, 0) is 21.0 Å². The van der Waals surface area contributed by atoms with Crippen LogP contribution in [0.3, 0.4) is 0 Å². The van der Waals surface area contributed by atoms with Crippen molar-refractivity contribution in [3.05, 3.63) is 53.1 Å². The smallest absolute Gasteiger partial charge is 0.372 e. The van der Waals surface area contributed by atoms with Crippen LogP contribution in [0.4, 0.5) is 30.2 Å². The quantitative estimate of drug-likeness (QED) is 0.635. The molecular formula is C21H23ClF3N3O3S. The normalized spacial score (nSPS) is 15.5. The van der Waals surface area contributed by atoms with Gasteiger partial charge < -0.3 is 10.2 Å². The molecule has 11 heteroatoms. The van der Waals surface area contributed by atoms with Crippen molar-refractivity contribution < 1.29 is 26.4 Å². The van der Waals surface area contributed by atoms with Crippen molar-refractivity contribution >= 4 is 44.6 Å². The van der Waals surface area contributed by atoms with Gasteiger partial charge >= 0.3 is 6.18 Å². The summed E-state index contributed by atoms with van der Waals surface area (Å²) in [5, 5.41) is 2.06. The first kappa shape index (κ1) is 24.2. The molecule has 1 aliphatic heterocycles. The second-order valence-corrected chi connectivity index (χ2v) is 9.89. The van der Waals surface area contributed by atoms with E-state index in [4.69, 9.17) is 11.6 Å². The first-order valence-electron chi connectivity index (χ1n) is 9.90. The highest BCUT2D eigenvalue weighted by Gasteiger charge is 2.36. The molecule has 0 bridgehead atoms. The topological polar surface area (TPSA) is 69.7 Å². The monoisotopic (exact) mass is 489 g/mol. The lowest BCUT2D eigenvalue weighted by molar-refractivity contribution is -0.137. The highest BCUT2D eigenvalue weighted by molar-refractivity contribution is 7.92. The SMILES string of the molecule is CC(C(=O)Nc1ccc(N2CCCC2)cc1)N(c1ccc(Cl)c(C(F)(F)F)c1)S(C)(=O)=O. The van der Waals surface area contributed by atoms with Crippen LogP contribution in [0.25, 0.3) is 0 Å². The molecule has 1 heterocycles. The molecule has 1 amide bonds. The summed E-state index contributed by atoms with van der Waals surface area (Å²) in [6.45, 7) is 3.23. The number of rotatable bonds is 6. The molecule has 1 atom stereocenters. The number of carbonyl (C=O) groups excluding carboxylic acids is 1. The average Bonchev–Trinajstić information content (AvgIpc) is 3.23. The Bertz CT molecular complexity index is 1090. The molecule has 2 aromatic rings. The third kappa shape index (κ3) is 5.47. The Labute approximate surface area is 190 Å². The molecule has 0 aromatic heterocycles. The second-order valence-electron chi connectivity index (χ2n) is 7.63. The fourth-order valence-corrected chi connectivity index (χ4v) is 5.05. The van der Waals surface area contributed by atoms with Gasteiger partial charge in [0.15, 0.2) is 0 Å². The molecule has 1 fully saturated rings. The highest BCUT2D eigenvalue weighted by atomic mass is 35.5. The zero-order valence-electron chi connectivity index (χ0n) is 17.5. The van der Waals surface area contributed by atoms with Crippen molar-refractivity contribution in [2.75, 3.05) is 33.9 Å². The maximum absolute atomic E-state index is 13.2. The van der Waals surface area contributed by atoms with Crippen molar-refractivity contribution in [3.8, 4) is 0 Å². The molecule has 1 aliphatic rings. The van der Waals surface area contributed by atoms with E-state index in [2.05, 4.69) is 10.2 Å². The molecule has 1 saturated heterocycles. The van der Waals surface area contributed by atoms with Gasteiger partial charge in [-0.25, -0.2) is 8.42 Å². The number of hydrogen-bond donors (Lipinski definition) is 1. The molecule has 0 radical (unpaired) electrons. The Morgan fingerprint density at radius 3 is 2.25 bits per heavy atom. The minimum Gasteiger partial charge on any atom is -0.372 e. The van der Waals surface area contributed by atoms with Crippen LogP contribution in [0, 0.1) is 0 Å². The van der Waals surface area contributed by atoms with E-state index in [9.17, 15) is 26.4 Å². The van der Waals surface area contributed by atoms with E-state index in [-0.39, 0.29) is 5.69 Å². The largest absolute Gasteiger partial charge is 0.417 e. The summed E-state index contributed by atoms with van der Waals surface area (Å²) in [5.74, 6) is -0.687. The highest BCUT2D eigenvalue weighted by Crippen LogP contribution is 2.37. The lowest BCUT2D eigenvalue weighted by atomic mass is 10.1. The van der Waals surface area contributed by atoms with Crippen LogP contribution in [0.15, 0.2) is 42.5 Å². The van der Waals surface area contributed by atoms with E-state index < -0.39 is 38.7 Å². The molecule has 1 N–H and O–H groups in total. The Morgan fingerprint density at radius 2 is 1.72 bits per heavy atom. The molecule has 0 spiro atoms. The summed E-state index contributed by atoms with van der Waals surface area (Å²) in [6.07, 6.45) is -1.71. The van der Waals surface area contributed by atoms with Crippen LogP contribution < -0.4 is 14.5 Å². The Hall–Kier alpha value is -2.46. The van der Waals surface area contributed by atoms with E-state index in [1.54, 1.807) is 12.1 Å². The zero-order chi connectivity index (χ0) is 23.7. The summed E-state index contributed by atoms with van der Waals surface area (Å²) in [6, 6.07) is 8.51. The molecule has 6 nitrogen and oxygen atoms in total. The van der Waals surface area contributed by atoms with E-state index >= 15 is 0 Å². The number of anilines is 3. The van der Waals surface area contributed by atoms with Crippen molar-refractivity contribution in [2.24, 2.45) is 0 Å². The van der Waals surface area contributed by atoms with Crippen molar-refractivity contribution in [1.29, 1.82) is 0 Å². The van der Waals surface area contributed by atoms with Crippen LogP contribution >= 0.6 is 11.6 Å². The molecule has 0 saturated carbocycles. The van der Waals surface area contributed by atoms with Gasteiger partial charge in [0, 0.05) is 24.5 Å². The van der Waals surface area contributed by atoms with Crippen LogP contribution in [0.5, 0.6) is 0 Å². The number of nitrogens with one attached hydrogen (secondary N) is 1. The molecule has 2 aromatic carbocycles. The molecular weight excluding hydrogens is 467 g/mol. The summed E-state index contributed by atoms with van der Waals surface area (Å²) >= 11 is 5.64. The van der Waals surface area contributed by atoms with Gasteiger partial charge in [0.05, 0.1) is 22.5 Å². The first-order valence-corrected chi connectivity index (χ1v) is 12.1. The number of benzene rings is 2. The maximum Gasteiger partial charge on any atom is 0.417 e. The summed E-state index contributed by atoms with van der Waals surface area (Å²) in [7, 11) is -4.09. The summed E-state index contributed by atoms with van der Waals surface area (Å²) in [5.41, 5.74) is -0.0239. The maximum atomic E-state index is 13.2. The number of alkyl halides is 3. The van der Waals surface area contributed by atoms with Gasteiger partial charge in [-0.2, -0.15) is 13.2 Å². The molecule has 0 aliphatic carbocycles. The number of carbonyl (C=O) groups is 1. The molecule has 1 unspecified atom stereocenters. The number of halogens is 4. The second kappa shape index (κ2) is 9.19. The molecule has 174 valence electrons. The fourth-order valence-electron chi connectivity index (χ4n) is 3.65. The number of amides is 1. The zero-order valence-corrected chi connectivity index (χ0v) is 19.1. The van der Waals surface area contributed by atoms with Gasteiger partial charge in [-0.15, -0.1) is 0 Å². The van der Waals surface area contributed by atoms with Gasteiger partial charge in [0.25, 0.3) is 0 Å². The minimum atomic E-state index is -4.78. The van der Waals surface area contributed by atoms with E-state index in [0.29, 0.717) is 16.1 Å². The Morgan fingerprint density at radius 1 is 1.12 bits per heavy atom. The van der Waals surface area contributed by atoms with Crippen LogP contribution in [0.1, 0.15) is 25.3 Å². The standard InChI is InChI=1S/C21H23ClF3N3O3S/c1-14(20(29)26-15-5-7-16(8-6-15)27-11-3-4-12-27)28(32(2,30)31)17-9-10-19(22)18(13-17)21(23,24)25/h5-10,13-14H,3-4,11-12H2,1-2H3,(H,26,29). The van der Waals surface area contributed by atoms with Crippen LogP contribution in [0.2, 0.25) is 5.02 Å². The Balaban J connectivity index is 1.83. The van der Waals surface area contributed by atoms with Gasteiger partial charge in [0.2, 0.25) is 15.9 Å². The van der Waals surface area contributed by atoms with Crippen molar-refractivity contribution in [1.82, 2.24) is 0 Å². The van der Waals surface area contributed by atoms with Gasteiger partial charge in [-0.05, 0) is 62.2 Å². The summed E-state index contributed by atoms with van der Waals surface area (Å²) < 4.78 is 65.2. The van der Waals surface area contributed by atoms with E-state index in [0.717, 1.165) is 50.0 Å². The van der Waals surface area contributed by atoms with Gasteiger partial charge in [0.1, 0.15) is 6.04 Å². The lowest BCUT2D eigenvalue weighted by Gasteiger charge is -2.29. The van der Waals surface area contributed by atoms with E-state index in [1.807, 2.05) is 12.1 Å². The third-order valence-corrected chi connectivity index (χ3v) is 6.78. The lowest BCUT2D eigenvalue weighted by Crippen LogP contribution is -2.45. The van der Waals surface area contributed by atoms with E-state index in [1.165, 1.54) is 6.92 Å². The number of sulfonamides is 1. The molecule has 32 heavy (non-hydrogen) atoms. The fraction of sp³-hybridized carbons (Fsp3) is 0.381. The predicted molar refractivity (Wildman–Crippen MR) is 120 cm³/mol. The van der Waals surface area contributed by atoms with Gasteiger partial charge in [-0.3, -0.25) is 9.10 Å². The number of hydrogen-bond acceptors (Lipinski definition) is 4. The minimum absolute atomic E-state index is 0.309. The Kier molecular flexibility index (Phi) is 6.94. The predicted octanol–water partition coefficient (Wildman–Crippen LogP) is 4.75.